The standard InChI is InChI=1S/C21H22N6O/c1-15(2)20-17(12-23-27(20)14-16-8-4-3-5-9-16)21(28)22-13-19-25-24-18-10-6-7-11-26(18)19/h3-12,15H,13-14H2,1-2H3,(H,22,28). The molecule has 3 heterocycles. The number of aromatic nitrogens is 5. The Labute approximate surface area is 163 Å². The molecule has 0 aliphatic carbocycles. The van der Waals surface area contributed by atoms with Gasteiger partial charge in [0.1, 0.15) is 0 Å². The van der Waals surface area contributed by atoms with Crippen LogP contribution in [0.25, 0.3) is 5.65 Å². The third-order valence-electron chi connectivity index (χ3n) is 4.64. The van der Waals surface area contributed by atoms with Crippen LogP contribution < -0.4 is 5.32 Å². The van der Waals surface area contributed by atoms with Gasteiger partial charge in [0.25, 0.3) is 5.91 Å². The highest BCUT2D eigenvalue weighted by Gasteiger charge is 2.20. The fourth-order valence-corrected chi connectivity index (χ4v) is 3.33. The van der Waals surface area contributed by atoms with E-state index in [2.05, 4.69) is 46.6 Å². The summed E-state index contributed by atoms with van der Waals surface area (Å²) in [5.41, 5.74) is 3.42. The van der Waals surface area contributed by atoms with E-state index in [9.17, 15) is 4.79 Å². The summed E-state index contributed by atoms with van der Waals surface area (Å²) in [6.07, 6.45) is 3.53. The van der Waals surface area contributed by atoms with Gasteiger partial charge in [0.15, 0.2) is 11.5 Å². The highest BCUT2D eigenvalue weighted by atomic mass is 16.1. The molecule has 1 N–H and O–H groups in total. The summed E-state index contributed by atoms with van der Waals surface area (Å²) in [5, 5.41) is 15.7. The fourth-order valence-electron chi connectivity index (χ4n) is 3.33. The second-order valence-electron chi connectivity index (χ2n) is 6.97. The van der Waals surface area contributed by atoms with Crippen LogP contribution in [-0.4, -0.2) is 30.3 Å². The van der Waals surface area contributed by atoms with Crippen molar-refractivity contribution < 1.29 is 4.79 Å². The van der Waals surface area contributed by atoms with Gasteiger partial charge in [-0.1, -0.05) is 50.2 Å². The molecule has 1 amide bonds. The highest BCUT2D eigenvalue weighted by molar-refractivity contribution is 5.95. The van der Waals surface area contributed by atoms with Crippen LogP contribution >= 0.6 is 0 Å². The quantitative estimate of drug-likeness (QED) is 0.563. The molecule has 1 aromatic carbocycles. The number of benzene rings is 1. The molecule has 0 aliphatic heterocycles. The maximum atomic E-state index is 12.8. The molecule has 4 rings (SSSR count). The largest absolute Gasteiger partial charge is 0.345 e. The van der Waals surface area contributed by atoms with Crippen molar-refractivity contribution in [1.29, 1.82) is 0 Å². The summed E-state index contributed by atoms with van der Waals surface area (Å²) in [7, 11) is 0. The van der Waals surface area contributed by atoms with Crippen molar-refractivity contribution in [1.82, 2.24) is 29.7 Å². The van der Waals surface area contributed by atoms with Gasteiger partial charge in [0.05, 0.1) is 30.5 Å². The molecule has 3 aromatic heterocycles. The predicted octanol–water partition coefficient (Wildman–Crippen LogP) is 3.03. The normalized spacial score (nSPS) is 11.2. The van der Waals surface area contributed by atoms with E-state index >= 15 is 0 Å². The number of nitrogens with one attached hydrogen (secondary N) is 1. The molecule has 0 bridgehead atoms. The minimum Gasteiger partial charge on any atom is -0.345 e. The van der Waals surface area contributed by atoms with Gasteiger partial charge in [0.2, 0.25) is 0 Å². The Kier molecular flexibility index (Phi) is 4.89. The second kappa shape index (κ2) is 7.64. The molecular formula is C21H22N6O. The number of nitrogens with zero attached hydrogens (tertiary/aromatic N) is 5. The van der Waals surface area contributed by atoms with Crippen molar-refractivity contribution in [2.75, 3.05) is 0 Å². The van der Waals surface area contributed by atoms with Crippen LogP contribution in [0.1, 0.15) is 47.2 Å². The minimum atomic E-state index is -0.157. The van der Waals surface area contributed by atoms with Crippen molar-refractivity contribution in [2.24, 2.45) is 0 Å². The van der Waals surface area contributed by atoms with E-state index in [0.717, 1.165) is 16.9 Å². The van der Waals surface area contributed by atoms with Crippen LogP contribution in [0, 0.1) is 0 Å². The number of carbonyl (C=O) groups excluding carboxylic acids is 1. The van der Waals surface area contributed by atoms with Gasteiger partial charge in [-0.25, -0.2) is 0 Å². The SMILES string of the molecule is CC(C)c1c(C(=O)NCc2nnc3ccccn23)cnn1Cc1ccccc1. The molecule has 0 atom stereocenters. The van der Waals surface area contributed by atoms with Crippen molar-refractivity contribution in [3.8, 4) is 0 Å². The van der Waals surface area contributed by atoms with E-state index in [1.165, 1.54) is 0 Å². The molecule has 0 saturated carbocycles. The van der Waals surface area contributed by atoms with E-state index < -0.39 is 0 Å². The molecule has 7 heteroatoms. The number of fused-ring (bicyclic) bond motifs is 1. The first-order valence-corrected chi connectivity index (χ1v) is 9.30. The van der Waals surface area contributed by atoms with E-state index in [-0.39, 0.29) is 11.8 Å². The number of carbonyl (C=O) groups is 1. The van der Waals surface area contributed by atoms with Crippen LogP contribution in [0.5, 0.6) is 0 Å². The van der Waals surface area contributed by atoms with E-state index in [0.29, 0.717) is 24.5 Å². The monoisotopic (exact) mass is 374 g/mol. The lowest BCUT2D eigenvalue weighted by molar-refractivity contribution is 0.0948. The van der Waals surface area contributed by atoms with Crippen LogP contribution in [0.4, 0.5) is 0 Å². The van der Waals surface area contributed by atoms with Crippen LogP contribution in [-0.2, 0) is 13.1 Å². The Balaban J connectivity index is 1.54. The first kappa shape index (κ1) is 17.9. The zero-order valence-corrected chi connectivity index (χ0v) is 15.9. The number of pyridine rings is 1. The molecule has 7 nitrogen and oxygen atoms in total. The molecule has 4 aromatic rings. The maximum Gasteiger partial charge on any atom is 0.255 e. The first-order chi connectivity index (χ1) is 13.6. The predicted molar refractivity (Wildman–Crippen MR) is 106 cm³/mol. The van der Waals surface area contributed by atoms with Gasteiger partial charge in [-0.2, -0.15) is 5.10 Å². The summed E-state index contributed by atoms with van der Waals surface area (Å²) < 4.78 is 3.77. The zero-order valence-electron chi connectivity index (χ0n) is 15.9. The van der Waals surface area contributed by atoms with Gasteiger partial charge in [0, 0.05) is 6.20 Å². The molecule has 0 fully saturated rings. The van der Waals surface area contributed by atoms with Gasteiger partial charge in [-0.15, -0.1) is 10.2 Å². The van der Waals surface area contributed by atoms with Crippen molar-refractivity contribution >= 4 is 11.6 Å². The van der Waals surface area contributed by atoms with Gasteiger partial charge < -0.3 is 5.32 Å². The number of amides is 1. The number of hydrogen-bond acceptors (Lipinski definition) is 4. The Morgan fingerprint density at radius 3 is 2.64 bits per heavy atom. The van der Waals surface area contributed by atoms with Crippen LogP contribution in [0.15, 0.2) is 60.9 Å². The summed E-state index contributed by atoms with van der Waals surface area (Å²) in [6.45, 7) is 5.07. The lowest BCUT2D eigenvalue weighted by Gasteiger charge is -2.13. The summed E-state index contributed by atoms with van der Waals surface area (Å²) in [5.74, 6) is 0.698. The molecule has 0 radical (unpaired) electrons. The van der Waals surface area contributed by atoms with Gasteiger partial charge >= 0.3 is 0 Å². The number of rotatable bonds is 6. The number of hydrogen-bond donors (Lipinski definition) is 1. The third kappa shape index (κ3) is 3.51. The molecule has 0 unspecified atom stereocenters. The summed E-state index contributed by atoms with van der Waals surface area (Å²) in [4.78, 5) is 12.8. The van der Waals surface area contributed by atoms with Crippen molar-refractivity contribution in [2.45, 2.75) is 32.9 Å². The Bertz CT molecular complexity index is 1100. The smallest absolute Gasteiger partial charge is 0.255 e. The van der Waals surface area contributed by atoms with Crippen LogP contribution in [0.3, 0.4) is 0 Å². The van der Waals surface area contributed by atoms with Crippen molar-refractivity contribution in [3.05, 3.63) is 83.6 Å². The summed E-state index contributed by atoms with van der Waals surface area (Å²) >= 11 is 0. The average molecular weight is 374 g/mol. The van der Waals surface area contributed by atoms with Gasteiger partial charge in [-0.05, 0) is 23.6 Å². The summed E-state index contributed by atoms with van der Waals surface area (Å²) in [6, 6.07) is 15.8. The van der Waals surface area contributed by atoms with E-state index in [1.807, 2.05) is 51.7 Å². The van der Waals surface area contributed by atoms with Crippen LogP contribution in [0.2, 0.25) is 0 Å². The average Bonchev–Trinajstić information content (AvgIpc) is 3.31. The zero-order chi connectivity index (χ0) is 19.5. The second-order valence-corrected chi connectivity index (χ2v) is 6.97. The molecular weight excluding hydrogens is 352 g/mol. The Hall–Kier alpha value is -3.48. The third-order valence-corrected chi connectivity index (χ3v) is 4.64. The molecule has 0 spiro atoms. The maximum absolute atomic E-state index is 12.8. The lowest BCUT2D eigenvalue weighted by atomic mass is 10.0. The molecule has 142 valence electrons. The van der Waals surface area contributed by atoms with E-state index in [1.54, 1.807) is 6.20 Å². The Morgan fingerprint density at radius 1 is 1.07 bits per heavy atom. The molecule has 0 aliphatic rings. The minimum absolute atomic E-state index is 0.157. The van der Waals surface area contributed by atoms with Crippen molar-refractivity contribution in [3.63, 3.8) is 0 Å². The van der Waals surface area contributed by atoms with Gasteiger partial charge in [-0.3, -0.25) is 13.9 Å². The Morgan fingerprint density at radius 2 is 1.86 bits per heavy atom. The highest BCUT2D eigenvalue weighted by Crippen LogP contribution is 2.21. The first-order valence-electron chi connectivity index (χ1n) is 9.30. The molecule has 28 heavy (non-hydrogen) atoms. The van der Waals surface area contributed by atoms with E-state index in [4.69, 9.17) is 0 Å². The fraction of sp³-hybridized carbons (Fsp3) is 0.238. The molecule has 0 saturated heterocycles. The lowest BCUT2D eigenvalue weighted by Crippen LogP contribution is -2.25. The topological polar surface area (TPSA) is 77.1 Å².